The zero-order valence-electron chi connectivity index (χ0n) is 15.6. The van der Waals surface area contributed by atoms with Crippen molar-refractivity contribution in [1.29, 1.82) is 0 Å². The Morgan fingerprint density at radius 2 is 1.82 bits per heavy atom. The van der Waals surface area contributed by atoms with Crippen molar-refractivity contribution in [3.63, 3.8) is 0 Å². The highest BCUT2D eigenvalue weighted by atomic mass is 35.5. The van der Waals surface area contributed by atoms with E-state index in [1.165, 1.54) is 0 Å². The summed E-state index contributed by atoms with van der Waals surface area (Å²) in [6.45, 7) is 2.16. The highest BCUT2D eigenvalue weighted by molar-refractivity contribution is 6.32. The number of rotatable bonds is 8. The first kappa shape index (κ1) is 19.7. The Hall–Kier alpha value is -3.03. The van der Waals surface area contributed by atoms with Crippen LogP contribution in [0, 0.1) is 6.92 Å². The number of aliphatic hydroxyl groups excluding tert-OH is 1. The molecule has 146 valence electrons. The van der Waals surface area contributed by atoms with Crippen LogP contribution in [-0.2, 0) is 0 Å². The predicted octanol–water partition coefficient (Wildman–Crippen LogP) is 4.31. The molecule has 0 amide bonds. The molecule has 7 nitrogen and oxygen atoms in total. The van der Waals surface area contributed by atoms with Crippen molar-refractivity contribution in [3.8, 4) is 11.5 Å². The van der Waals surface area contributed by atoms with Gasteiger partial charge in [0.05, 0.1) is 18.7 Å². The van der Waals surface area contributed by atoms with Gasteiger partial charge in [0.1, 0.15) is 23.9 Å². The zero-order valence-corrected chi connectivity index (χ0v) is 16.3. The van der Waals surface area contributed by atoms with Crippen LogP contribution in [0.25, 0.3) is 0 Å². The molecule has 2 aromatic carbocycles. The number of nitrogens with zero attached hydrogens (tertiary/aromatic N) is 2. The van der Waals surface area contributed by atoms with Gasteiger partial charge >= 0.3 is 0 Å². The van der Waals surface area contributed by atoms with Gasteiger partial charge in [0.15, 0.2) is 0 Å². The molecule has 3 rings (SSSR count). The van der Waals surface area contributed by atoms with Crippen molar-refractivity contribution in [3.05, 3.63) is 59.2 Å². The van der Waals surface area contributed by atoms with E-state index >= 15 is 0 Å². The van der Waals surface area contributed by atoms with Crippen molar-refractivity contribution in [2.45, 2.75) is 6.92 Å². The van der Waals surface area contributed by atoms with Gasteiger partial charge in [-0.2, -0.15) is 4.98 Å². The fourth-order valence-corrected chi connectivity index (χ4v) is 2.62. The van der Waals surface area contributed by atoms with Crippen LogP contribution in [-0.4, -0.2) is 35.4 Å². The topological polar surface area (TPSA) is 88.5 Å². The Bertz CT molecular complexity index is 935. The summed E-state index contributed by atoms with van der Waals surface area (Å²) in [7, 11) is 1.57. The van der Waals surface area contributed by atoms with Gasteiger partial charge in [0.25, 0.3) is 0 Å². The zero-order chi connectivity index (χ0) is 19.9. The van der Waals surface area contributed by atoms with E-state index in [9.17, 15) is 0 Å². The van der Waals surface area contributed by atoms with Crippen molar-refractivity contribution in [1.82, 2.24) is 9.97 Å². The maximum Gasteiger partial charge on any atom is 0.229 e. The number of ether oxygens (including phenoxy) is 2. The molecule has 1 aromatic heterocycles. The highest BCUT2D eigenvalue weighted by Crippen LogP contribution is 2.29. The molecule has 0 aliphatic rings. The fraction of sp³-hybridized carbons (Fsp3) is 0.200. The summed E-state index contributed by atoms with van der Waals surface area (Å²) in [5, 5.41) is 15.8. The number of methoxy groups -OCH3 is 1. The normalized spacial score (nSPS) is 10.4. The molecule has 28 heavy (non-hydrogen) atoms. The second kappa shape index (κ2) is 9.25. The molecule has 0 saturated heterocycles. The highest BCUT2D eigenvalue weighted by Gasteiger charge is 2.07. The van der Waals surface area contributed by atoms with E-state index in [2.05, 4.69) is 20.6 Å². The van der Waals surface area contributed by atoms with Gasteiger partial charge in [-0.15, -0.1) is 0 Å². The second-order valence-electron chi connectivity index (χ2n) is 5.92. The molecule has 0 aliphatic heterocycles. The molecule has 0 fully saturated rings. The standard InChI is InChI=1S/C20H21ClN4O3/c1-13-12-22-20(24-14-3-6-16(7-4-14)28-10-9-26)25-19(13)23-15-5-8-17(21)18(11-15)27-2/h3-8,11-12,26H,9-10H2,1-2H3,(H2,22,23,24,25). The van der Waals surface area contributed by atoms with E-state index in [-0.39, 0.29) is 13.2 Å². The number of hydrogen-bond acceptors (Lipinski definition) is 7. The summed E-state index contributed by atoms with van der Waals surface area (Å²) >= 11 is 6.08. The van der Waals surface area contributed by atoms with Gasteiger partial charge < -0.3 is 25.2 Å². The number of halogens is 1. The monoisotopic (exact) mass is 400 g/mol. The van der Waals surface area contributed by atoms with Crippen molar-refractivity contribution < 1.29 is 14.6 Å². The number of hydrogen-bond donors (Lipinski definition) is 3. The van der Waals surface area contributed by atoms with Crippen LogP contribution in [0.4, 0.5) is 23.1 Å². The largest absolute Gasteiger partial charge is 0.495 e. The number of aliphatic hydroxyl groups is 1. The molecule has 0 aliphatic carbocycles. The van der Waals surface area contributed by atoms with Crippen molar-refractivity contribution in [2.75, 3.05) is 31.0 Å². The molecule has 0 atom stereocenters. The van der Waals surface area contributed by atoms with Crippen molar-refractivity contribution in [2.24, 2.45) is 0 Å². The number of anilines is 4. The lowest BCUT2D eigenvalue weighted by Crippen LogP contribution is -2.03. The van der Waals surface area contributed by atoms with Crippen molar-refractivity contribution >= 4 is 34.7 Å². The molecule has 0 bridgehead atoms. The summed E-state index contributed by atoms with van der Waals surface area (Å²) in [6, 6.07) is 12.8. The molecule has 0 saturated carbocycles. The summed E-state index contributed by atoms with van der Waals surface area (Å²) in [4.78, 5) is 8.86. The fourth-order valence-electron chi connectivity index (χ4n) is 2.43. The minimum absolute atomic E-state index is 0.0214. The van der Waals surface area contributed by atoms with Gasteiger partial charge in [-0.05, 0) is 43.3 Å². The third-order valence-electron chi connectivity index (χ3n) is 3.86. The van der Waals surface area contributed by atoms with E-state index in [1.807, 2.05) is 43.3 Å². The third-order valence-corrected chi connectivity index (χ3v) is 4.17. The molecule has 1 heterocycles. The lowest BCUT2D eigenvalue weighted by atomic mass is 10.2. The Balaban J connectivity index is 1.74. The molecule has 0 spiro atoms. The van der Waals surface area contributed by atoms with Crippen LogP contribution in [0.2, 0.25) is 5.02 Å². The first-order valence-electron chi connectivity index (χ1n) is 8.64. The number of nitrogens with one attached hydrogen (secondary N) is 2. The Morgan fingerprint density at radius 3 is 2.54 bits per heavy atom. The van der Waals surface area contributed by atoms with Crippen LogP contribution in [0.15, 0.2) is 48.7 Å². The Morgan fingerprint density at radius 1 is 1.07 bits per heavy atom. The SMILES string of the molecule is COc1cc(Nc2nc(Nc3ccc(OCCO)cc3)ncc2C)ccc1Cl. The quantitative estimate of drug-likeness (QED) is 0.519. The summed E-state index contributed by atoms with van der Waals surface area (Å²) in [5.41, 5.74) is 2.52. The van der Waals surface area contributed by atoms with E-state index in [0.29, 0.717) is 28.3 Å². The third kappa shape index (κ3) is 5.03. The average molecular weight is 401 g/mol. The van der Waals surface area contributed by atoms with Gasteiger partial charge in [-0.3, -0.25) is 0 Å². The maximum absolute atomic E-state index is 8.80. The first-order valence-corrected chi connectivity index (χ1v) is 9.02. The average Bonchev–Trinajstić information content (AvgIpc) is 2.71. The molecule has 0 unspecified atom stereocenters. The maximum atomic E-state index is 8.80. The van der Waals surface area contributed by atoms with Gasteiger partial charge in [-0.25, -0.2) is 4.98 Å². The van der Waals surface area contributed by atoms with Crippen LogP contribution in [0.5, 0.6) is 11.5 Å². The van der Waals surface area contributed by atoms with Crippen LogP contribution >= 0.6 is 11.6 Å². The second-order valence-corrected chi connectivity index (χ2v) is 6.33. The van der Waals surface area contributed by atoms with Gasteiger partial charge in [0.2, 0.25) is 5.95 Å². The lowest BCUT2D eigenvalue weighted by Gasteiger charge is -2.12. The number of benzene rings is 2. The summed E-state index contributed by atoms with van der Waals surface area (Å²) in [6.07, 6.45) is 1.74. The molecular weight excluding hydrogens is 380 g/mol. The predicted molar refractivity (Wildman–Crippen MR) is 110 cm³/mol. The Kier molecular flexibility index (Phi) is 6.52. The van der Waals surface area contributed by atoms with E-state index in [1.54, 1.807) is 19.4 Å². The molecular formula is C20H21ClN4O3. The van der Waals surface area contributed by atoms with E-state index in [0.717, 1.165) is 16.9 Å². The molecule has 3 N–H and O–H groups in total. The Labute approximate surface area is 168 Å². The number of aryl methyl sites for hydroxylation is 1. The summed E-state index contributed by atoms with van der Waals surface area (Å²) in [5.74, 6) is 2.39. The first-order chi connectivity index (χ1) is 13.6. The number of aromatic nitrogens is 2. The van der Waals surface area contributed by atoms with E-state index < -0.39 is 0 Å². The molecule has 0 radical (unpaired) electrons. The van der Waals surface area contributed by atoms with Crippen LogP contribution < -0.4 is 20.1 Å². The smallest absolute Gasteiger partial charge is 0.229 e. The van der Waals surface area contributed by atoms with E-state index in [4.69, 9.17) is 26.2 Å². The summed E-state index contributed by atoms with van der Waals surface area (Å²) < 4.78 is 10.6. The minimum atomic E-state index is -0.0214. The van der Waals surface area contributed by atoms with Crippen LogP contribution in [0.1, 0.15) is 5.56 Å². The minimum Gasteiger partial charge on any atom is -0.495 e. The van der Waals surface area contributed by atoms with Gasteiger partial charge in [0, 0.05) is 29.2 Å². The van der Waals surface area contributed by atoms with Gasteiger partial charge in [-0.1, -0.05) is 11.6 Å². The molecule has 3 aromatic rings. The molecule has 8 heteroatoms. The lowest BCUT2D eigenvalue weighted by molar-refractivity contribution is 0.201. The van der Waals surface area contributed by atoms with Crippen LogP contribution in [0.3, 0.4) is 0 Å².